The predicted molar refractivity (Wildman–Crippen MR) is 52.3 cm³/mol. The zero-order valence-electron chi connectivity index (χ0n) is 6.91. The topological polar surface area (TPSA) is 29.1 Å². The average Bonchev–Trinajstić information content (AvgIpc) is 2.15. The largest absolute Gasteiger partial charge is 0.343 e. The summed E-state index contributed by atoms with van der Waals surface area (Å²) < 4.78 is 0. The molecule has 0 fully saturated rings. The fourth-order valence-corrected chi connectivity index (χ4v) is 1.10. The Morgan fingerprint density at radius 1 is 1.42 bits per heavy atom. The molecule has 0 radical (unpaired) electrons. The van der Waals surface area contributed by atoms with E-state index in [9.17, 15) is 4.79 Å². The molecule has 0 atom stereocenters. The van der Waals surface area contributed by atoms with Crippen LogP contribution in [0.1, 0.15) is 10.4 Å². The number of carbonyl (C=O) groups is 1. The van der Waals surface area contributed by atoms with Crippen molar-refractivity contribution in [1.82, 2.24) is 5.32 Å². The van der Waals surface area contributed by atoms with Gasteiger partial charge in [0.1, 0.15) is 0 Å². The molecule has 1 aromatic rings. The predicted octanol–water partition coefficient (Wildman–Crippen LogP) is 1.74. The Kier molecular flexibility index (Phi) is 3.67. The van der Waals surface area contributed by atoms with Crippen molar-refractivity contribution in [2.45, 2.75) is 0 Å². The minimum Gasteiger partial charge on any atom is -0.343 e. The normalized spacial score (nSPS) is 9.42. The number of amides is 1. The van der Waals surface area contributed by atoms with Gasteiger partial charge in [-0.25, -0.2) is 0 Å². The third-order valence-electron chi connectivity index (χ3n) is 1.41. The van der Waals surface area contributed by atoms with Crippen LogP contribution in [0.25, 0.3) is 0 Å². The quantitative estimate of drug-likeness (QED) is 0.720. The summed E-state index contributed by atoms with van der Waals surface area (Å²) in [5.41, 5.74) is 0.714. The lowest BCUT2D eigenvalue weighted by Gasteiger charge is -2.01. The van der Waals surface area contributed by atoms with Gasteiger partial charge in [0.2, 0.25) is 0 Å². The summed E-state index contributed by atoms with van der Waals surface area (Å²) in [4.78, 5) is 11.3. The van der Waals surface area contributed by atoms with Crippen LogP contribution in [0.4, 0.5) is 0 Å². The van der Waals surface area contributed by atoms with E-state index < -0.39 is 0 Å². The monoisotopic (exact) mass is 181 g/mol. The summed E-state index contributed by atoms with van der Waals surface area (Å²) in [5, 5.41) is 2.77. The number of carbonyl (C=O) groups excluding carboxylic acids is 1. The van der Waals surface area contributed by atoms with Crippen LogP contribution in [-0.4, -0.2) is 18.0 Å². The molecule has 1 rings (SSSR count). The van der Waals surface area contributed by atoms with Gasteiger partial charge in [-0.1, -0.05) is 18.2 Å². The maximum atomic E-state index is 11.3. The van der Waals surface area contributed by atoms with Gasteiger partial charge in [0.15, 0.2) is 0 Å². The first-order chi connectivity index (χ1) is 5.84. The molecule has 3 heteroatoms. The van der Waals surface area contributed by atoms with Crippen LogP contribution in [0.3, 0.4) is 0 Å². The van der Waals surface area contributed by atoms with E-state index in [1.807, 2.05) is 24.5 Å². The molecule has 0 saturated heterocycles. The number of hydrogen-bond donors (Lipinski definition) is 1. The second-order valence-corrected chi connectivity index (χ2v) is 3.17. The Balaban J connectivity index is 2.54. The van der Waals surface area contributed by atoms with Crippen molar-refractivity contribution in [3.8, 4) is 0 Å². The zero-order chi connectivity index (χ0) is 8.81. The van der Waals surface area contributed by atoms with Crippen molar-refractivity contribution in [2.24, 2.45) is 0 Å². The fourth-order valence-electron chi connectivity index (χ4n) is 0.829. The van der Waals surface area contributed by atoms with Crippen LogP contribution >= 0.6 is 11.8 Å². The number of thioether (sulfide) groups is 1. The lowest BCUT2D eigenvalue weighted by molar-refractivity contribution is 0.0961. The molecule has 0 spiro atoms. The fraction of sp³-hybridized carbons (Fsp3) is 0.222. The molecular formula is C9H11NOS. The first kappa shape index (κ1) is 9.13. The number of rotatable bonds is 3. The Bertz CT molecular complexity index is 248. The Morgan fingerprint density at radius 3 is 2.67 bits per heavy atom. The van der Waals surface area contributed by atoms with Gasteiger partial charge in [-0.2, -0.15) is 0 Å². The van der Waals surface area contributed by atoms with Crippen molar-refractivity contribution in [3.05, 3.63) is 35.9 Å². The van der Waals surface area contributed by atoms with Gasteiger partial charge >= 0.3 is 0 Å². The van der Waals surface area contributed by atoms with E-state index in [1.165, 1.54) is 0 Å². The molecule has 0 aliphatic rings. The zero-order valence-corrected chi connectivity index (χ0v) is 7.73. The molecule has 1 N–H and O–H groups in total. The van der Waals surface area contributed by atoms with E-state index >= 15 is 0 Å². The highest BCUT2D eigenvalue weighted by atomic mass is 32.2. The standard InChI is InChI=1S/C9H11NOS/c1-12-7-10-9(11)8-5-3-2-4-6-8/h2-6H,7H2,1H3,(H,10,11). The summed E-state index contributed by atoms with van der Waals surface area (Å²) in [6, 6.07) is 9.21. The number of nitrogens with one attached hydrogen (secondary N) is 1. The minimum atomic E-state index is -0.00931. The number of benzene rings is 1. The lowest BCUT2D eigenvalue weighted by Crippen LogP contribution is -2.22. The van der Waals surface area contributed by atoms with Gasteiger partial charge in [-0.3, -0.25) is 4.79 Å². The van der Waals surface area contributed by atoms with Gasteiger partial charge in [0.25, 0.3) is 5.91 Å². The molecule has 64 valence electrons. The second-order valence-electron chi connectivity index (χ2n) is 2.30. The highest BCUT2D eigenvalue weighted by Crippen LogP contribution is 1.98. The van der Waals surface area contributed by atoms with E-state index in [0.29, 0.717) is 11.4 Å². The molecule has 0 aromatic heterocycles. The molecular weight excluding hydrogens is 170 g/mol. The highest BCUT2D eigenvalue weighted by molar-refractivity contribution is 7.98. The maximum Gasteiger partial charge on any atom is 0.251 e. The number of hydrogen-bond acceptors (Lipinski definition) is 2. The average molecular weight is 181 g/mol. The van der Waals surface area contributed by atoms with E-state index in [1.54, 1.807) is 23.9 Å². The van der Waals surface area contributed by atoms with Crippen LogP contribution in [0.5, 0.6) is 0 Å². The van der Waals surface area contributed by atoms with Gasteiger partial charge in [-0.15, -0.1) is 11.8 Å². The van der Waals surface area contributed by atoms with Gasteiger partial charge in [-0.05, 0) is 18.4 Å². The van der Waals surface area contributed by atoms with E-state index in [4.69, 9.17) is 0 Å². The first-order valence-corrected chi connectivity index (χ1v) is 5.06. The summed E-state index contributed by atoms with van der Waals surface area (Å²) >= 11 is 1.59. The Morgan fingerprint density at radius 2 is 2.08 bits per heavy atom. The first-order valence-electron chi connectivity index (χ1n) is 3.67. The molecule has 0 bridgehead atoms. The molecule has 0 aliphatic heterocycles. The van der Waals surface area contributed by atoms with Crippen LogP contribution in [0.15, 0.2) is 30.3 Å². The van der Waals surface area contributed by atoms with Gasteiger partial charge < -0.3 is 5.32 Å². The van der Waals surface area contributed by atoms with Crippen molar-refractivity contribution < 1.29 is 4.79 Å². The second kappa shape index (κ2) is 4.83. The molecule has 0 unspecified atom stereocenters. The summed E-state index contributed by atoms with van der Waals surface area (Å²) in [7, 11) is 0. The lowest BCUT2D eigenvalue weighted by atomic mass is 10.2. The molecule has 0 heterocycles. The van der Waals surface area contributed by atoms with Crippen molar-refractivity contribution >= 4 is 17.7 Å². The molecule has 1 aromatic carbocycles. The van der Waals surface area contributed by atoms with Gasteiger partial charge in [0.05, 0.1) is 5.88 Å². The minimum absolute atomic E-state index is 0.00931. The van der Waals surface area contributed by atoms with Crippen LogP contribution in [0.2, 0.25) is 0 Å². The molecule has 2 nitrogen and oxygen atoms in total. The third-order valence-corrected chi connectivity index (χ3v) is 1.85. The smallest absolute Gasteiger partial charge is 0.251 e. The van der Waals surface area contributed by atoms with Gasteiger partial charge in [0, 0.05) is 5.56 Å². The van der Waals surface area contributed by atoms with Crippen LogP contribution in [0, 0.1) is 0 Å². The van der Waals surface area contributed by atoms with Crippen LogP contribution < -0.4 is 5.32 Å². The summed E-state index contributed by atoms with van der Waals surface area (Å²) in [5.74, 6) is 0.651. The third kappa shape index (κ3) is 2.58. The van der Waals surface area contributed by atoms with Crippen molar-refractivity contribution in [1.29, 1.82) is 0 Å². The van der Waals surface area contributed by atoms with Crippen molar-refractivity contribution in [3.63, 3.8) is 0 Å². The Hall–Kier alpha value is -0.960. The maximum absolute atomic E-state index is 11.3. The molecule has 1 amide bonds. The van der Waals surface area contributed by atoms with E-state index in [2.05, 4.69) is 5.32 Å². The molecule has 0 aliphatic carbocycles. The Labute approximate surface area is 76.4 Å². The van der Waals surface area contributed by atoms with E-state index in [0.717, 1.165) is 0 Å². The highest BCUT2D eigenvalue weighted by Gasteiger charge is 2.00. The summed E-state index contributed by atoms with van der Waals surface area (Å²) in [6.45, 7) is 0. The van der Waals surface area contributed by atoms with E-state index in [-0.39, 0.29) is 5.91 Å². The van der Waals surface area contributed by atoms with Crippen LogP contribution in [-0.2, 0) is 0 Å². The molecule has 0 saturated carbocycles. The SMILES string of the molecule is CSCNC(=O)c1ccccc1. The summed E-state index contributed by atoms with van der Waals surface area (Å²) in [6.07, 6.45) is 1.95. The molecule has 12 heavy (non-hydrogen) atoms. The van der Waals surface area contributed by atoms with Crippen molar-refractivity contribution in [2.75, 3.05) is 12.1 Å².